The number of carbonyl (C=O) groups is 1. The summed E-state index contributed by atoms with van der Waals surface area (Å²) in [4.78, 5) is 11.8. The first-order valence-corrected chi connectivity index (χ1v) is 9.09. The van der Waals surface area contributed by atoms with Crippen molar-refractivity contribution in [3.8, 4) is 0 Å². The quantitative estimate of drug-likeness (QED) is 0.828. The Morgan fingerprint density at radius 2 is 1.86 bits per heavy atom. The summed E-state index contributed by atoms with van der Waals surface area (Å²) in [6, 6.07) is 4.77. The number of alkyl carbamates (subject to hydrolysis) is 1. The molecule has 124 valence electrons. The van der Waals surface area contributed by atoms with Crippen molar-refractivity contribution >= 4 is 25.8 Å². The van der Waals surface area contributed by atoms with Gasteiger partial charge >= 0.3 is 6.09 Å². The Bertz CT molecular complexity index is 611. The molecule has 0 saturated heterocycles. The molecule has 0 spiro atoms. The molecule has 1 aromatic carbocycles. The highest BCUT2D eigenvalue weighted by Crippen LogP contribution is 2.11. The van der Waals surface area contributed by atoms with Crippen LogP contribution >= 0.6 is 10.7 Å². The second-order valence-electron chi connectivity index (χ2n) is 5.88. The number of rotatable bonds is 5. The predicted octanol–water partition coefficient (Wildman–Crippen LogP) is 2.83. The minimum absolute atomic E-state index is 0.186. The lowest BCUT2D eigenvalue weighted by Gasteiger charge is -2.23. The molecule has 1 N–H and O–H groups in total. The summed E-state index contributed by atoms with van der Waals surface area (Å²) in [5, 5.41) is 2.47. The van der Waals surface area contributed by atoms with Crippen LogP contribution in [0.4, 0.5) is 9.18 Å². The van der Waals surface area contributed by atoms with Crippen molar-refractivity contribution in [2.24, 2.45) is 0 Å². The number of carbonyl (C=O) groups excluding carboxylic acids is 1. The average molecular weight is 352 g/mol. The van der Waals surface area contributed by atoms with Gasteiger partial charge in [-0.2, -0.15) is 0 Å². The first-order chi connectivity index (χ1) is 9.94. The van der Waals surface area contributed by atoms with Gasteiger partial charge in [-0.15, -0.1) is 0 Å². The van der Waals surface area contributed by atoms with Crippen molar-refractivity contribution in [2.45, 2.75) is 38.8 Å². The van der Waals surface area contributed by atoms with Crippen LogP contribution in [-0.2, 0) is 20.2 Å². The molecule has 8 heteroatoms. The van der Waals surface area contributed by atoms with Crippen molar-refractivity contribution in [3.05, 3.63) is 35.6 Å². The monoisotopic (exact) mass is 351 g/mol. The first-order valence-electron chi connectivity index (χ1n) is 6.61. The van der Waals surface area contributed by atoms with Gasteiger partial charge in [-0.1, -0.05) is 12.1 Å². The molecule has 5 nitrogen and oxygen atoms in total. The van der Waals surface area contributed by atoms with Crippen LogP contribution in [0.5, 0.6) is 0 Å². The van der Waals surface area contributed by atoms with Gasteiger partial charge in [-0.25, -0.2) is 17.6 Å². The van der Waals surface area contributed by atoms with Gasteiger partial charge in [0.05, 0.1) is 11.8 Å². The molecule has 0 saturated carbocycles. The number of halogens is 2. The van der Waals surface area contributed by atoms with Gasteiger partial charge in [0.25, 0.3) is 0 Å². The fourth-order valence-electron chi connectivity index (χ4n) is 1.77. The lowest BCUT2D eigenvalue weighted by Crippen LogP contribution is -2.43. The van der Waals surface area contributed by atoms with Crippen LogP contribution in [0.2, 0.25) is 0 Å². The number of hydrogen-bond donors (Lipinski definition) is 1. The molecule has 1 atom stereocenters. The van der Waals surface area contributed by atoms with E-state index in [1.54, 1.807) is 20.8 Å². The highest BCUT2D eigenvalue weighted by atomic mass is 35.7. The average Bonchev–Trinajstić information content (AvgIpc) is 2.27. The Morgan fingerprint density at radius 3 is 2.32 bits per heavy atom. The van der Waals surface area contributed by atoms with Crippen molar-refractivity contribution in [3.63, 3.8) is 0 Å². The second kappa shape index (κ2) is 7.28. The van der Waals surface area contributed by atoms with Crippen molar-refractivity contribution in [1.82, 2.24) is 5.32 Å². The number of ether oxygens (including phenoxy) is 1. The van der Waals surface area contributed by atoms with E-state index >= 15 is 0 Å². The molecule has 0 bridgehead atoms. The van der Waals surface area contributed by atoms with E-state index in [1.807, 2.05) is 0 Å². The van der Waals surface area contributed by atoms with Crippen molar-refractivity contribution < 1.29 is 22.3 Å². The van der Waals surface area contributed by atoms with E-state index in [0.717, 1.165) is 0 Å². The van der Waals surface area contributed by atoms with E-state index in [4.69, 9.17) is 15.4 Å². The van der Waals surface area contributed by atoms with Gasteiger partial charge < -0.3 is 10.1 Å². The lowest BCUT2D eigenvalue weighted by atomic mass is 10.1. The number of benzene rings is 1. The Labute approximate surface area is 134 Å². The van der Waals surface area contributed by atoms with E-state index in [-0.39, 0.29) is 6.42 Å². The highest BCUT2D eigenvalue weighted by Gasteiger charge is 2.23. The summed E-state index contributed by atoms with van der Waals surface area (Å²) < 4.78 is 40.5. The standard InChI is InChI=1S/C14H19ClFNO4S/c1-14(2,3)21-13(18)17-12(9-22(15,19)20)8-10-4-6-11(16)7-5-10/h4-7,12H,8-9H2,1-3H3,(H,17,18). The summed E-state index contributed by atoms with van der Waals surface area (Å²) in [5.41, 5.74) is -0.0348. The molecule has 22 heavy (non-hydrogen) atoms. The van der Waals surface area contributed by atoms with Gasteiger partial charge in [-0.3, -0.25) is 0 Å². The zero-order valence-corrected chi connectivity index (χ0v) is 14.2. The molecular formula is C14H19ClFNO4S. The zero-order valence-electron chi connectivity index (χ0n) is 12.6. The van der Waals surface area contributed by atoms with E-state index < -0.39 is 38.4 Å². The maximum atomic E-state index is 12.9. The largest absolute Gasteiger partial charge is 0.444 e. The van der Waals surface area contributed by atoms with Gasteiger partial charge in [-0.05, 0) is 44.9 Å². The normalized spacial score (nSPS) is 13.5. The summed E-state index contributed by atoms with van der Waals surface area (Å²) >= 11 is 0. The highest BCUT2D eigenvalue weighted by molar-refractivity contribution is 8.13. The molecule has 1 aromatic rings. The molecule has 0 fully saturated rings. The molecule has 0 heterocycles. The van der Waals surface area contributed by atoms with Gasteiger partial charge in [0, 0.05) is 10.7 Å². The van der Waals surface area contributed by atoms with Gasteiger partial charge in [0.15, 0.2) is 0 Å². The Hall–Kier alpha value is -1.34. The van der Waals surface area contributed by atoms with Crippen LogP contribution in [0, 0.1) is 5.82 Å². The van der Waals surface area contributed by atoms with Crippen LogP contribution in [0.25, 0.3) is 0 Å². The van der Waals surface area contributed by atoms with Gasteiger partial charge in [0.1, 0.15) is 11.4 Å². The minimum atomic E-state index is -3.81. The number of amides is 1. The van der Waals surface area contributed by atoms with E-state index in [1.165, 1.54) is 24.3 Å². The Morgan fingerprint density at radius 1 is 1.32 bits per heavy atom. The van der Waals surface area contributed by atoms with Crippen molar-refractivity contribution in [1.29, 1.82) is 0 Å². The molecule has 0 aliphatic rings. The molecule has 0 radical (unpaired) electrons. The smallest absolute Gasteiger partial charge is 0.407 e. The maximum Gasteiger partial charge on any atom is 0.407 e. The predicted molar refractivity (Wildman–Crippen MR) is 82.9 cm³/mol. The lowest BCUT2D eigenvalue weighted by molar-refractivity contribution is 0.0509. The van der Waals surface area contributed by atoms with Crippen LogP contribution in [-0.4, -0.2) is 31.9 Å². The third-order valence-corrected chi connectivity index (χ3v) is 3.69. The molecule has 1 unspecified atom stereocenters. The zero-order chi connectivity index (χ0) is 17.0. The first kappa shape index (κ1) is 18.7. The molecule has 0 aliphatic heterocycles. The SMILES string of the molecule is CC(C)(C)OC(=O)NC(Cc1ccc(F)cc1)CS(=O)(=O)Cl. The number of hydrogen-bond acceptors (Lipinski definition) is 4. The fourth-order valence-corrected chi connectivity index (χ4v) is 2.91. The molecule has 1 rings (SSSR count). The summed E-state index contributed by atoms with van der Waals surface area (Å²) in [5.74, 6) is -0.851. The van der Waals surface area contributed by atoms with E-state index in [2.05, 4.69) is 5.32 Å². The van der Waals surface area contributed by atoms with Gasteiger partial charge in [0.2, 0.25) is 9.05 Å². The summed E-state index contributed by atoms with van der Waals surface area (Å²) in [6.07, 6.45) is -0.550. The molecule has 0 aliphatic carbocycles. The van der Waals surface area contributed by atoms with Crippen LogP contribution in [0.15, 0.2) is 24.3 Å². The molecule has 1 amide bonds. The third-order valence-electron chi connectivity index (χ3n) is 2.52. The second-order valence-corrected chi connectivity index (χ2v) is 8.70. The fraction of sp³-hybridized carbons (Fsp3) is 0.500. The maximum absolute atomic E-state index is 12.9. The van der Waals surface area contributed by atoms with E-state index in [9.17, 15) is 17.6 Å². The number of nitrogens with one attached hydrogen (secondary N) is 1. The summed E-state index contributed by atoms with van der Waals surface area (Å²) in [7, 11) is 1.44. The van der Waals surface area contributed by atoms with Crippen LogP contribution in [0.1, 0.15) is 26.3 Å². The minimum Gasteiger partial charge on any atom is -0.444 e. The topological polar surface area (TPSA) is 72.5 Å². The van der Waals surface area contributed by atoms with Crippen molar-refractivity contribution in [2.75, 3.05) is 5.75 Å². The molecule has 0 aromatic heterocycles. The van der Waals surface area contributed by atoms with Crippen LogP contribution in [0.3, 0.4) is 0 Å². The third kappa shape index (κ3) is 8.19. The molecular weight excluding hydrogens is 333 g/mol. The Kier molecular flexibility index (Phi) is 6.19. The van der Waals surface area contributed by atoms with E-state index in [0.29, 0.717) is 5.56 Å². The van der Waals surface area contributed by atoms with Crippen LogP contribution < -0.4 is 5.32 Å². The Balaban J connectivity index is 2.80. The summed E-state index contributed by atoms with van der Waals surface area (Å²) in [6.45, 7) is 5.08.